The van der Waals surface area contributed by atoms with Gasteiger partial charge in [0.2, 0.25) is 5.91 Å². The number of anilines is 1. The Kier molecular flexibility index (Phi) is 4.47. The molecule has 1 atom stereocenters. The summed E-state index contributed by atoms with van der Waals surface area (Å²) in [5, 5.41) is 11.8. The average molecular weight is 279 g/mol. The molecule has 1 aromatic carbocycles. The summed E-state index contributed by atoms with van der Waals surface area (Å²) in [5.41, 5.74) is 1.71. The number of nitrogens with one attached hydrogen (secondary N) is 1. The van der Waals surface area contributed by atoms with Crippen LogP contribution in [0.3, 0.4) is 0 Å². The monoisotopic (exact) mass is 279 g/mol. The van der Waals surface area contributed by atoms with Gasteiger partial charge in [-0.1, -0.05) is 6.42 Å². The number of carbonyl (C=O) groups is 2. The minimum atomic E-state index is -0.955. The number of aryl methyl sites for hydroxylation is 1. The van der Waals surface area contributed by atoms with Crippen LogP contribution in [0.4, 0.5) is 5.69 Å². The summed E-state index contributed by atoms with van der Waals surface area (Å²) in [5.74, 6) is 0.106. The lowest BCUT2D eigenvalue weighted by molar-refractivity contribution is -0.115. The number of carboxylic acids is 1. The third kappa shape index (κ3) is 3.50. The SMILES string of the molecule is Cc1cc(C(=O)O)ccc1NC(=O)C1CCCCS1. The molecule has 1 aromatic rings. The lowest BCUT2D eigenvalue weighted by Crippen LogP contribution is -2.27. The van der Waals surface area contributed by atoms with Crippen molar-refractivity contribution in [3.05, 3.63) is 29.3 Å². The second-order valence-electron chi connectivity index (χ2n) is 4.68. The fraction of sp³-hybridized carbons (Fsp3) is 0.429. The van der Waals surface area contributed by atoms with E-state index >= 15 is 0 Å². The summed E-state index contributed by atoms with van der Waals surface area (Å²) in [6, 6.07) is 4.75. The number of carboxylic acid groups (broad SMARTS) is 1. The van der Waals surface area contributed by atoms with Gasteiger partial charge in [-0.05, 0) is 49.3 Å². The Morgan fingerprint density at radius 1 is 1.37 bits per heavy atom. The van der Waals surface area contributed by atoms with Crippen molar-refractivity contribution in [2.75, 3.05) is 11.1 Å². The van der Waals surface area contributed by atoms with Crippen molar-refractivity contribution in [1.29, 1.82) is 0 Å². The molecule has 102 valence electrons. The molecular weight excluding hydrogens is 262 g/mol. The maximum absolute atomic E-state index is 12.1. The zero-order valence-corrected chi connectivity index (χ0v) is 11.6. The Hall–Kier alpha value is -1.49. The highest BCUT2D eigenvalue weighted by Crippen LogP contribution is 2.26. The molecule has 0 aromatic heterocycles. The molecule has 19 heavy (non-hydrogen) atoms. The van der Waals surface area contributed by atoms with Crippen molar-refractivity contribution in [1.82, 2.24) is 0 Å². The first-order valence-corrected chi connectivity index (χ1v) is 7.39. The molecule has 0 bridgehead atoms. The topological polar surface area (TPSA) is 66.4 Å². The van der Waals surface area contributed by atoms with Crippen LogP contribution < -0.4 is 5.32 Å². The summed E-state index contributed by atoms with van der Waals surface area (Å²) in [4.78, 5) is 22.9. The first-order chi connectivity index (χ1) is 9.08. The zero-order chi connectivity index (χ0) is 13.8. The quantitative estimate of drug-likeness (QED) is 0.892. The predicted octanol–water partition coefficient (Wildman–Crippen LogP) is 2.92. The summed E-state index contributed by atoms with van der Waals surface area (Å²) >= 11 is 1.70. The van der Waals surface area contributed by atoms with Crippen LogP contribution in [0.15, 0.2) is 18.2 Å². The standard InChI is InChI=1S/C14H17NO3S/c1-9-8-10(14(17)18)5-6-11(9)15-13(16)12-4-2-3-7-19-12/h5-6,8,12H,2-4,7H2,1H3,(H,15,16)(H,17,18). The van der Waals surface area contributed by atoms with Gasteiger partial charge in [0.25, 0.3) is 0 Å². The number of benzene rings is 1. The summed E-state index contributed by atoms with van der Waals surface area (Å²) in [7, 11) is 0. The van der Waals surface area contributed by atoms with E-state index in [9.17, 15) is 9.59 Å². The maximum atomic E-state index is 12.1. The van der Waals surface area contributed by atoms with Gasteiger partial charge in [0.05, 0.1) is 10.8 Å². The molecule has 1 aliphatic rings. The van der Waals surface area contributed by atoms with Crippen molar-refractivity contribution >= 4 is 29.3 Å². The van der Waals surface area contributed by atoms with E-state index in [0.717, 1.165) is 24.2 Å². The first-order valence-electron chi connectivity index (χ1n) is 6.34. The van der Waals surface area contributed by atoms with Gasteiger partial charge >= 0.3 is 5.97 Å². The number of amides is 1. The number of thioether (sulfide) groups is 1. The highest BCUT2D eigenvalue weighted by atomic mass is 32.2. The molecule has 1 heterocycles. The second-order valence-corrected chi connectivity index (χ2v) is 5.99. The van der Waals surface area contributed by atoms with E-state index in [2.05, 4.69) is 5.32 Å². The van der Waals surface area contributed by atoms with E-state index in [0.29, 0.717) is 5.69 Å². The van der Waals surface area contributed by atoms with Gasteiger partial charge in [-0.15, -0.1) is 11.8 Å². The molecule has 2 rings (SSSR count). The van der Waals surface area contributed by atoms with Crippen LogP contribution in [-0.4, -0.2) is 28.0 Å². The Morgan fingerprint density at radius 3 is 2.74 bits per heavy atom. The molecule has 1 saturated heterocycles. The Balaban J connectivity index is 2.06. The fourth-order valence-electron chi connectivity index (χ4n) is 2.10. The van der Waals surface area contributed by atoms with Gasteiger partial charge < -0.3 is 10.4 Å². The molecule has 1 aliphatic heterocycles. The number of rotatable bonds is 3. The predicted molar refractivity (Wildman–Crippen MR) is 76.9 cm³/mol. The minimum absolute atomic E-state index is 0.0206. The van der Waals surface area contributed by atoms with Crippen LogP contribution in [-0.2, 0) is 4.79 Å². The van der Waals surface area contributed by atoms with E-state index < -0.39 is 5.97 Å². The van der Waals surface area contributed by atoms with Crippen molar-refractivity contribution in [2.24, 2.45) is 0 Å². The van der Waals surface area contributed by atoms with Crippen molar-refractivity contribution in [3.8, 4) is 0 Å². The van der Waals surface area contributed by atoms with Crippen LogP contribution in [0.5, 0.6) is 0 Å². The molecule has 1 unspecified atom stereocenters. The lowest BCUT2D eigenvalue weighted by atomic mass is 10.1. The molecule has 0 saturated carbocycles. The summed E-state index contributed by atoms with van der Waals surface area (Å²) in [6.07, 6.45) is 3.20. The second kappa shape index (κ2) is 6.10. The van der Waals surface area contributed by atoms with Crippen molar-refractivity contribution in [2.45, 2.75) is 31.4 Å². The van der Waals surface area contributed by atoms with Crippen LogP contribution in [0, 0.1) is 6.92 Å². The third-order valence-corrected chi connectivity index (χ3v) is 4.58. The van der Waals surface area contributed by atoms with Gasteiger partial charge in [0, 0.05) is 5.69 Å². The van der Waals surface area contributed by atoms with Gasteiger partial charge in [0.1, 0.15) is 0 Å². The lowest BCUT2D eigenvalue weighted by Gasteiger charge is -2.21. The van der Waals surface area contributed by atoms with E-state index in [1.165, 1.54) is 12.5 Å². The van der Waals surface area contributed by atoms with Gasteiger partial charge in [0.15, 0.2) is 0 Å². The maximum Gasteiger partial charge on any atom is 0.335 e. The van der Waals surface area contributed by atoms with E-state index in [1.807, 2.05) is 0 Å². The normalized spacial score (nSPS) is 18.9. The molecule has 0 radical (unpaired) electrons. The van der Waals surface area contributed by atoms with Gasteiger partial charge in [-0.25, -0.2) is 4.79 Å². The molecule has 4 nitrogen and oxygen atoms in total. The number of carbonyl (C=O) groups excluding carboxylic acids is 1. The Labute approximate surface area is 116 Å². The Bertz CT molecular complexity index is 495. The highest BCUT2D eigenvalue weighted by molar-refractivity contribution is 8.00. The number of aromatic carboxylic acids is 1. The van der Waals surface area contributed by atoms with Crippen molar-refractivity contribution in [3.63, 3.8) is 0 Å². The smallest absolute Gasteiger partial charge is 0.335 e. The van der Waals surface area contributed by atoms with Crippen LogP contribution in [0.25, 0.3) is 0 Å². The minimum Gasteiger partial charge on any atom is -0.478 e. The fourth-order valence-corrected chi connectivity index (χ4v) is 3.30. The number of hydrogen-bond acceptors (Lipinski definition) is 3. The molecule has 1 amide bonds. The van der Waals surface area contributed by atoms with Crippen molar-refractivity contribution < 1.29 is 14.7 Å². The van der Waals surface area contributed by atoms with Crippen LogP contribution in [0.2, 0.25) is 0 Å². The first kappa shape index (κ1) is 13.9. The van der Waals surface area contributed by atoms with E-state index in [4.69, 9.17) is 5.11 Å². The van der Waals surface area contributed by atoms with Crippen LogP contribution in [0.1, 0.15) is 35.2 Å². The summed E-state index contributed by atoms with van der Waals surface area (Å²) < 4.78 is 0. The third-order valence-electron chi connectivity index (χ3n) is 3.20. The van der Waals surface area contributed by atoms with E-state index in [-0.39, 0.29) is 16.7 Å². The zero-order valence-electron chi connectivity index (χ0n) is 10.8. The number of hydrogen-bond donors (Lipinski definition) is 2. The summed E-state index contributed by atoms with van der Waals surface area (Å²) in [6.45, 7) is 1.80. The molecular formula is C14H17NO3S. The highest BCUT2D eigenvalue weighted by Gasteiger charge is 2.22. The largest absolute Gasteiger partial charge is 0.478 e. The molecule has 5 heteroatoms. The van der Waals surface area contributed by atoms with E-state index in [1.54, 1.807) is 30.8 Å². The molecule has 0 spiro atoms. The molecule has 1 fully saturated rings. The molecule has 2 N–H and O–H groups in total. The average Bonchev–Trinajstić information content (AvgIpc) is 2.41. The molecule has 0 aliphatic carbocycles. The van der Waals surface area contributed by atoms with Gasteiger partial charge in [-0.2, -0.15) is 0 Å². The Morgan fingerprint density at radius 2 is 2.16 bits per heavy atom. The van der Waals surface area contributed by atoms with Gasteiger partial charge in [-0.3, -0.25) is 4.79 Å². The van der Waals surface area contributed by atoms with Crippen LogP contribution >= 0.6 is 11.8 Å².